The Hall–Kier alpha value is -0.516. The van der Waals surface area contributed by atoms with Crippen molar-refractivity contribution in [3.63, 3.8) is 0 Å². The Morgan fingerprint density at radius 3 is 2.05 bits per heavy atom. The van der Waals surface area contributed by atoms with E-state index >= 15 is 0 Å². The summed E-state index contributed by atoms with van der Waals surface area (Å²) in [6, 6.07) is 2.64. The van der Waals surface area contributed by atoms with Crippen molar-refractivity contribution in [2.75, 3.05) is 18.4 Å². The minimum Gasteiger partial charge on any atom is -0.662 e. The van der Waals surface area contributed by atoms with Crippen LogP contribution in [-0.4, -0.2) is 24.1 Å². The Balaban J connectivity index is 0.000000390. The van der Waals surface area contributed by atoms with Crippen LogP contribution in [0.4, 0.5) is 10.5 Å². The second-order valence-electron chi connectivity index (χ2n) is 5.93. The molecule has 0 unspecified atom stereocenters. The van der Waals surface area contributed by atoms with Gasteiger partial charge in [-0.25, -0.2) is 0 Å². The zero-order valence-corrected chi connectivity index (χ0v) is 16.2. The van der Waals surface area contributed by atoms with Crippen LogP contribution in [0.25, 0.3) is 11.1 Å². The van der Waals surface area contributed by atoms with Crippen LogP contribution in [0.2, 0.25) is 0 Å². The van der Waals surface area contributed by atoms with Crippen LogP contribution in [-0.2, 0) is 32.7 Å². The number of pyridine rings is 1. The number of hydrogen-bond donors (Lipinski definition) is 1. The van der Waals surface area contributed by atoms with Crippen molar-refractivity contribution >= 4 is 11.7 Å². The first-order chi connectivity index (χ1) is 9.28. The van der Waals surface area contributed by atoms with Gasteiger partial charge in [-0.1, -0.05) is 26.7 Å². The van der Waals surface area contributed by atoms with E-state index in [1.807, 2.05) is 13.8 Å². The van der Waals surface area contributed by atoms with Gasteiger partial charge in [0, 0.05) is 44.1 Å². The van der Waals surface area contributed by atoms with Crippen molar-refractivity contribution in [3.8, 4) is 0 Å². The third-order valence-corrected chi connectivity index (χ3v) is 3.23. The molecule has 6 heteroatoms. The number of aryl methyl sites for hydroxylation is 2. The standard InChI is InChI=1S/C8H11N3O.C7H14N.Y/c1-5-3-7(11-8(9)12)4-6(2)10-5;1-7(2)3-5-8-6-4-7;/h3-4H,1-2H3,(H3,9,10,11,12);3-6H2,1-2H3;/q;-1;/p-1. The number of hydrogen-bond acceptors (Lipinski definition) is 2. The first-order valence-electron chi connectivity index (χ1n) is 6.90. The predicted molar refractivity (Wildman–Crippen MR) is 83.2 cm³/mol. The average Bonchev–Trinajstić information content (AvgIpc) is 2.26. The molecule has 0 spiro atoms. The molecule has 2 heterocycles. The van der Waals surface area contributed by atoms with E-state index < -0.39 is 6.03 Å². The molecule has 0 aromatic carbocycles. The second-order valence-corrected chi connectivity index (χ2v) is 5.93. The summed E-state index contributed by atoms with van der Waals surface area (Å²) < 4.78 is 0. The molecule has 2 amide bonds. The molecule has 1 saturated heterocycles. The van der Waals surface area contributed by atoms with Gasteiger partial charge in [-0.2, -0.15) is 0 Å². The number of amides is 2. The Labute approximate surface area is 152 Å². The van der Waals surface area contributed by atoms with Gasteiger partial charge >= 0.3 is 0 Å². The van der Waals surface area contributed by atoms with Crippen molar-refractivity contribution < 1.29 is 37.5 Å². The number of piperidine rings is 1. The molecule has 21 heavy (non-hydrogen) atoms. The van der Waals surface area contributed by atoms with Gasteiger partial charge in [-0.3, -0.25) is 9.78 Å². The molecule has 1 radical (unpaired) electrons. The number of nitrogens with one attached hydrogen (secondary N) is 2. The SMILES string of the molecule is CC1(C)CC[N-]CC1.Cc1cc(NC([NH-])=O)cc(C)n1.[Y]. The van der Waals surface area contributed by atoms with Gasteiger partial charge in [-0.05, 0) is 37.1 Å². The van der Waals surface area contributed by atoms with Crippen LogP contribution >= 0.6 is 0 Å². The summed E-state index contributed by atoms with van der Waals surface area (Å²) in [6.45, 7) is 10.5. The molecule has 0 atom stereocenters. The van der Waals surface area contributed by atoms with E-state index in [4.69, 9.17) is 5.73 Å². The fourth-order valence-corrected chi connectivity index (χ4v) is 2.04. The van der Waals surface area contributed by atoms with Crippen molar-refractivity contribution in [1.29, 1.82) is 0 Å². The summed E-state index contributed by atoms with van der Waals surface area (Å²) in [4.78, 5) is 14.5. The van der Waals surface area contributed by atoms with Gasteiger partial charge in [0.1, 0.15) is 0 Å². The molecule has 5 nitrogen and oxygen atoms in total. The largest absolute Gasteiger partial charge is 0.662 e. The number of carbonyl (C=O) groups is 1. The number of anilines is 1. The maximum absolute atomic E-state index is 10.4. The third-order valence-electron chi connectivity index (χ3n) is 3.23. The van der Waals surface area contributed by atoms with Crippen LogP contribution < -0.4 is 5.32 Å². The smallest absolute Gasteiger partial charge is 0.153 e. The van der Waals surface area contributed by atoms with Gasteiger partial charge in [0.2, 0.25) is 0 Å². The summed E-state index contributed by atoms with van der Waals surface area (Å²) in [5.74, 6) is 0. The molecule has 0 aliphatic carbocycles. The fourth-order valence-electron chi connectivity index (χ4n) is 2.04. The molecule has 1 fully saturated rings. The van der Waals surface area contributed by atoms with E-state index in [2.05, 4.69) is 29.5 Å². The molecule has 0 saturated carbocycles. The second kappa shape index (κ2) is 9.49. The Kier molecular flexibility index (Phi) is 9.26. The topological polar surface area (TPSA) is 79.9 Å². The molecular weight excluding hydrogens is 341 g/mol. The zero-order valence-electron chi connectivity index (χ0n) is 13.4. The molecule has 1 aliphatic rings. The minimum atomic E-state index is -0.806. The molecular formula is C15H24N4OY-2. The Bertz CT molecular complexity index is 435. The molecule has 0 bridgehead atoms. The Morgan fingerprint density at radius 2 is 1.71 bits per heavy atom. The zero-order chi connectivity index (χ0) is 15.2. The summed E-state index contributed by atoms with van der Waals surface area (Å²) in [5, 5.41) is 6.65. The maximum atomic E-state index is 10.4. The van der Waals surface area contributed by atoms with Gasteiger partial charge < -0.3 is 16.4 Å². The summed E-state index contributed by atoms with van der Waals surface area (Å²) in [6.07, 6.45) is 2.57. The first kappa shape index (κ1) is 20.5. The minimum absolute atomic E-state index is 0. The van der Waals surface area contributed by atoms with Crippen LogP contribution in [0.3, 0.4) is 0 Å². The van der Waals surface area contributed by atoms with Crippen LogP contribution in [0.1, 0.15) is 38.1 Å². The number of carbonyl (C=O) groups excluding carboxylic acids is 1. The monoisotopic (exact) mass is 365 g/mol. The van der Waals surface area contributed by atoms with E-state index in [1.165, 1.54) is 12.8 Å². The van der Waals surface area contributed by atoms with Crippen molar-refractivity contribution in [3.05, 3.63) is 34.6 Å². The third kappa shape index (κ3) is 9.17. The van der Waals surface area contributed by atoms with Crippen LogP contribution in [0.5, 0.6) is 0 Å². The number of urea groups is 1. The van der Waals surface area contributed by atoms with Crippen molar-refractivity contribution in [2.24, 2.45) is 5.41 Å². The summed E-state index contributed by atoms with van der Waals surface area (Å²) in [7, 11) is 0. The van der Waals surface area contributed by atoms with Gasteiger partial charge in [0.05, 0.1) is 0 Å². The predicted octanol–water partition coefficient (Wildman–Crippen LogP) is 4.46. The first-order valence-corrected chi connectivity index (χ1v) is 6.90. The van der Waals surface area contributed by atoms with E-state index in [9.17, 15) is 4.79 Å². The van der Waals surface area contributed by atoms with E-state index in [-0.39, 0.29) is 32.7 Å². The number of aromatic nitrogens is 1. The van der Waals surface area contributed by atoms with Gasteiger partial charge in [0.25, 0.3) is 0 Å². The van der Waals surface area contributed by atoms with E-state index in [0.717, 1.165) is 24.5 Å². The number of nitrogens with zero attached hydrogens (tertiary/aromatic N) is 2. The van der Waals surface area contributed by atoms with E-state index in [1.54, 1.807) is 12.1 Å². The van der Waals surface area contributed by atoms with E-state index in [0.29, 0.717) is 11.1 Å². The fraction of sp³-hybridized carbons (Fsp3) is 0.600. The van der Waals surface area contributed by atoms with Crippen molar-refractivity contribution in [2.45, 2.75) is 40.5 Å². The van der Waals surface area contributed by atoms with Crippen LogP contribution in [0.15, 0.2) is 12.1 Å². The maximum Gasteiger partial charge on any atom is 0.153 e. The number of rotatable bonds is 1. The molecule has 1 aliphatic heterocycles. The normalized spacial score (nSPS) is 16.0. The Morgan fingerprint density at radius 1 is 1.24 bits per heavy atom. The van der Waals surface area contributed by atoms with Gasteiger partial charge in [0.15, 0.2) is 6.03 Å². The van der Waals surface area contributed by atoms with Gasteiger partial charge in [-0.15, -0.1) is 13.1 Å². The van der Waals surface area contributed by atoms with Crippen molar-refractivity contribution in [1.82, 2.24) is 4.98 Å². The summed E-state index contributed by atoms with van der Waals surface area (Å²) in [5.41, 5.74) is 9.56. The molecule has 2 N–H and O–H groups in total. The average molecular weight is 365 g/mol. The molecule has 2 rings (SSSR count). The summed E-state index contributed by atoms with van der Waals surface area (Å²) >= 11 is 0. The molecule has 1 aromatic heterocycles. The molecule has 1 aromatic rings. The molecule has 115 valence electrons. The van der Waals surface area contributed by atoms with Crippen LogP contribution in [0, 0.1) is 19.3 Å². The quantitative estimate of drug-likeness (QED) is 0.797.